The first-order valence-corrected chi connectivity index (χ1v) is 1.47. The molecule has 0 unspecified atom stereocenters. The maximum atomic E-state index is 10.3. The van der Waals surface area contributed by atoms with Crippen LogP contribution in [0.25, 0.3) is 0 Å². The molecule has 7 heavy (non-hydrogen) atoms. The normalized spacial score (nSPS) is 27.6. The topological polar surface area (TPSA) is 63.3 Å². The van der Waals surface area contributed by atoms with Crippen LogP contribution in [0.15, 0.2) is 0 Å². The van der Waals surface area contributed by atoms with Gasteiger partial charge in [0.25, 0.3) is 0 Å². The Morgan fingerprint density at radius 1 is 2.00 bits per heavy atom. The SMILES string of the molecule is [2H]C([2H])(N)C([2H])([2H])[13C]([2H])([2H])C(=O)O. The zero-order chi connectivity index (χ0) is 11.1. The minimum Gasteiger partial charge on any atom is -0.481 e. The van der Waals surface area contributed by atoms with E-state index in [0.29, 0.717) is 0 Å². The van der Waals surface area contributed by atoms with E-state index in [0.717, 1.165) is 0 Å². The van der Waals surface area contributed by atoms with E-state index in [9.17, 15) is 4.79 Å². The van der Waals surface area contributed by atoms with Gasteiger partial charge in [0.1, 0.15) is 0 Å². The average Bonchev–Trinajstić information content (AvgIpc) is 1.84. The van der Waals surface area contributed by atoms with Gasteiger partial charge in [-0.15, -0.1) is 0 Å². The fraction of sp³-hybridized carbons (Fsp3) is 0.750. The van der Waals surface area contributed by atoms with Gasteiger partial charge in [-0.2, -0.15) is 0 Å². The highest BCUT2D eigenvalue weighted by Gasteiger charge is 1.91. The van der Waals surface area contributed by atoms with E-state index < -0.39 is 25.2 Å². The van der Waals surface area contributed by atoms with Crippen LogP contribution in [0.4, 0.5) is 0 Å². The lowest BCUT2D eigenvalue weighted by molar-refractivity contribution is -0.137. The van der Waals surface area contributed by atoms with Crippen LogP contribution in [0.2, 0.25) is 0 Å². The largest absolute Gasteiger partial charge is 0.481 e. The number of carboxylic acids is 1. The minimum absolute atomic E-state index is 2.09. The van der Waals surface area contributed by atoms with Gasteiger partial charge < -0.3 is 10.8 Å². The Balaban J connectivity index is 5.16. The summed E-state index contributed by atoms with van der Waals surface area (Å²) in [4.78, 5) is 10.3. The van der Waals surface area contributed by atoms with Gasteiger partial charge in [-0.1, -0.05) is 0 Å². The quantitative estimate of drug-likeness (QED) is 0.495. The van der Waals surface area contributed by atoms with Gasteiger partial charge in [0.05, 0.1) is 0 Å². The smallest absolute Gasteiger partial charge is 0.303 e. The summed E-state index contributed by atoms with van der Waals surface area (Å²) in [6, 6.07) is 0. The summed E-state index contributed by atoms with van der Waals surface area (Å²) >= 11 is 0. The zero-order valence-corrected chi connectivity index (χ0v) is 3.43. The van der Waals surface area contributed by atoms with Crippen LogP contribution in [0, 0.1) is 0 Å². The lowest BCUT2D eigenvalue weighted by Gasteiger charge is -1.86. The molecule has 0 aromatic carbocycles. The van der Waals surface area contributed by atoms with Crippen LogP contribution in [-0.4, -0.2) is 17.6 Å². The van der Waals surface area contributed by atoms with E-state index >= 15 is 0 Å². The van der Waals surface area contributed by atoms with Gasteiger partial charge >= 0.3 is 5.97 Å². The van der Waals surface area contributed by atoms with Crippen molar-refractivity contribution >= 4 is 5.97 Å². The summed E-state index contributed by atoms with van der Waals surface area (Å²) in [5.41, 5.74) is 4.69. The fourth-order valence-electron chi connectivity index (χ4n) is 0.0896. The highest BCUT2D eigenvalue weighted by Crippen LogP contribution is 1.82. The molecule has 0 atom stereocenters. The van der Waals surface area contributed by atoms with E-state index in [-0.39, 0.29) is 0 Å². The molecule has 3 nitrogen and oxygen atoms in total. The highest BCUT2D eigenvalue weighted by atomic mass is 16.4. The second-order valence-electron chi connectivity index (χ2n) is 0.699. The summed E-state index contributed by atoms with van der Waals surface area (Å²) in [5.74, 6) is -2.09. The predicted octanol–water partition coefficient (Wildman–Crippen LogP) is -0.190. The molecule has 0 saturated heterocycles. The Labute approximate surface area is 50.6 Å². The number of carboxylic acid groups (broad SMARTS) is 1. The number of rotatable bonds is 3. The highest BCUT2D eigenvalue weighted by molar-refractivity contribution is 5.66. The Kier molecular flexibility index (Phi) is 0.749. The van der Waals surface area contributed by atoms with Crippen molar-refractivity contribution in [2.24, 2.45) is 5.73 Å². The van der Waals surface area contributed by atoms with Crippen molar-refractivity contribution in [2.75, 3.05) is 6.50 Å². The van der Waals surface area contributed by atoms with Crippen molar-refractivity contribution in [1.82, 2.24) is 0 Å². The van der Waals surface area contributed by atoms with Gasteiger partial charge in [0.2, 0.25) is 0 Å². The molecule has 0 aromatic heterocycles. The van der Waals surface area contributed by atoms with Crippen LogP contribution in [-0.2, 0) is 4.79 Å². The van der Waals surface area contributed by atoms with Crippen molar-refractivity contribution in [3.05, 3.63) is 0 Å². The maximum Gasteiger partial charge on any atom is 0.303 e. The lowest BCUT2D eigenvalue weighted by atomic mass is 10.5. The Hall–Kier alpha value is -0.570. The van der Waals surface area contributed by atoms with Gasteiger partial charge in [0.15, 0.2) is 0 Å². The first-order valence-electron chi connectivity index (χ1n) is 4.47. The van der Waals surface area contributed by atoms with Crippen LogP contribution < -0.4 is 5.73 Å². The molecule has 0 aromatic rings. The molecular formula is C4H9NO2. The van der Waals surface area contributed by atoms with Crippen molar-refractivity contribution in [3.8, 4) is 0 Å². The molecule has 3 heteroatoms. The fourth-order valence-corrected chi connectivity index (χ4v) is 0.0896. The Bertz CT molecular complexity index is 221. The second kappa shape index (κ2) is 3.61. The molecule has 0 amide bonds. The number of aliphatic carboxylic acids is 1. The van der Waals surface area contributed by atoms with E-state index in [1.165, 1.54) is 0 Å². The molecule has 0 rings (SSSR count). The third kappa shape index (κ3) is 5.43. The van der Waals surface area contributed by atoms with Gasteiger partial charge in [-0.3, -0.25) is 4.79 Å². The third-order valence-electron chi connectivity index (χ3n) is 0.242. The summed E-state index contributed by atoms with van der Waals surface area (Å²) in [6.07, 6.45) is -6.67. The Morgan fingerprint density at radius 3 is 2.71 bits per heavy atom. The van der Waals surface area contributed by atoms with Crippen molar-refractivity contribution < 1.29 is 18.1 Å². The molecule has 0 aliphatic carbocycles. The van der Waals surface area contributed by atoms with Crippen LogP contribution >= 0.6 is 0 Å². The van der Waals surface area contributed by atoms with Crippen molar-refractivity contribution in [2.45, 2.75) is 12.7 Å². The molecular weight excluding hydrogens is 95.0 g/mol. The first kappa shape index (κ1) is 1.45. The molecule has 0 radical (unpaired) electrons. The van der Waals surface area contributed by atoms with Crippen LogP contribution in [0.5, 0.6) is 0 Å². The van der Waals surface area contributed by atoms with Crippen molar-refractivity contribution in [3.63, 3.8) is 0 Å². The Morgan fingerprint density at radius 2 is 2.57 bits per heavy atom. The third-order valence-corrected chi connectivity index (χ3v) is 0.242. The molecule has 0 spiro atoms. The number of nitrogens with two attached hydrogens (primary N) is 1. The predicted molar refractivity (Wildman–Crippen MR) is 25.9 cm³/mol. The van der Waals surface area contributed by atoms with Gasteiger partial charge in [-0.05, 0) is 12.9 Å². The molecule has 3 N–H and O–H groups in total. The monoisotopic (exact) mass is 110 g/mol. The van der Waals surface area contributed by atoms with E-state index in [4.69, 9.17) is 19.1 Å². The van der Waals surface area contributed by atoms with Crippen LogP contribution in [0.3, 0.4) is 0 Å². The summed E-state index contributed by atoms with van der Waals surface area (Å²) in [6.45, 7) is -3.06. The van der Waals surface area contributed by atoms with Gasteiger partial charge in [-0.25, -0.2) is 0 Å². The number of hydrogen-bond acceptors (Lipinski definition) is 2. The minimum atomic E-state index is -3.37. The number of carbonyl (C=O) groups is 1. The second-order valence-corrected chi connectivity index (χ2v) is 0.699. The van der Waals surface area contributed by atoms with Crippen molar-refractivity contribution in [1.29, 1.82) is 0 Å². The van der Waals surface area contributed by atoms with E-state index in [1.807, 2.05) is 0 Å². The molecule has 0 heterocycles. The molecule has 0 saturated carbocycles. The average molecular weight is 110 g/mol. The van der Waals surface area contributed by atoms with Gasteiger partial charge in [0, 0.05) is 14.6 Å². The molecule has 0 bridgehead atoms. The zero-order valence-electron chi connectivity index (χ0n) is 9.43. The molecule has 0 aliphatic heterocycles. The maximum absolute atomic E-state index is 10.3. The summed E-state index contributed by atoms with van der Waals surface area (Å²) < 4.78 is 41.0. The van der Waals surface area contributed by atoms with Crippen LogP contribution in [0.1, 0.15) is 21.0 Å². The molecule has 0 fully saturated rings. The lowest BCUT2D eigenvalue weighted by Crippen LogP contribution is -2.02. The number of hydrogen-bond donors (Lipinski definition) is 2. The summed E-state index contributed by atoms with van der Waals surface area (Å²) in [7, 11) is 0. The molecule has 0 aliphatic rings. The molecule has 42 valence electrons. The first-order chi connectivity index (χ1) is 5.44. The summed E-state index contributed by atoms with van der Waals surface area (Å²) in [5, 5.41) is 8.30. The standard InChI is InChI=1S/C4H9NO2/c5-3-1-2-4(6)7/h1-3,5H2,(H,6,7)/i1D2,2+1D2,3D2. The van der Waals surface area contributed by atoms with E-state index in [2.05, 4.69) is 0 Å². The van der Waals surface area contributed by atoms with E-state index in [1.54, 1.807) is 0 Å².